The third-order valence-electron chi connectivity index (χ3n) is 5.60. The van der Waals surface area contributed by atoms with E-state index in [9.17, 15) is 4.79 Å². The molecule has 4 aromatic rings. The van der Waals surface area contributed by atoms with E-state index < -0.39 is 0 Å². The summed E-state index contributed by atoms with van der Waals surface area (Å²) in [6.45, 7) is 3.24. The number of benzene rings is 2. The first-order chi connectivity index (χ1) is 15.7. The van der Waals surface area contributed by atoms with Gasteiger partial charge in [-0.1, -0.05) is 30.3 Å². The second-order valence-corrected chi connectivity index (χ2v) is 8.94. The summed E-state index contributed by atoms with van der Waals surface area (Å²) in [6.07, 6.45) is 3.39. The second-order valence-electron chi connectivity index (χ2n) is 7.91. The molecule has 6 nitrogen and oxygen atoms in total. The van der Waals surface area contributed by atoms with E-state index >= 15 is 0 Å². The van der Waals surface area contributed by atoms with E-state index in [-0.39, 0.29) is 12.0 Å². The van der Waals surface area contributed by atoms with Crippen LogP contribution in [0.15, 0.2) is 60.7 Å². The Morgan fingerprint density at radius 2 is 2.00 bits per heavy atom. The monoisotopic (exact) mass is 447 g/mol. The van der Waals surface area contributed by atoms with Crippen molar-refractivity contribution in [1.82, 2.24) is 9.78 Å². The lowest BCUT2D eigenvalue weighted by Crippen LogP contribution is -2.26. The Bertz CT molecular complexity index is 1230. The molecule has 0 spiro atoms. The van der Waals surface area contributed by atoms with Gasteiger partial charge in [-0.25, -0.2) is 4.68 Å². The van der Waals surface area contributed by atoms with Crippen LogP contribution < -0.4 is 10.1 Å². The van der Waals surface area contributed by atoms with Crippen LogP contribution in [0.4, 0.5) is 5.69 Å². The number of rotatable bonds is 6. The van der Waals surface area contributed by atoms with E-state index in [4.69, 9.17) is 9.47 Å². The fourth-order valence-electron chi connectivity index (χ4n) is 3.90. The third-order valence-corrected chi connectivity index (χ3v) is 6.71. The van der Waals surface area contributed by atoms with E-state index in [0.29, 0.717) is 22.9 Å². The SMILES string of the molecule is Cc1nn(-c2ccccc2)c2sc(C(=O)Nc3ccccc3OCC3CCCCO3)cc12. The first kappa shape index (κ1) is 20.7. The van der Waals surface area contributed by atoms with E-state index in [0.717, 1.165) is 47.5 Å². The molecular weight excluding hydrogens is 422 g/mol. The molecule has 2 aromatic heterocycles. The van der Waals surface area contributed by atoms with Crippen molar-refractivity contribution in [3.63, 3.8) is 0 Å². The first-order valence-corrected chi connectivity index (χ1v) is 11.7. The summed E-state index contributed by atoms with van der Waals surface area (Å²) in [5.74, 6) is 0.498. The largest absolute Gasteiger partial charge is 0.489 e. The number of hydrogen-bond acceptors (Lipinski definition) is 5. The molecule has 1 amide bonds. The number of aromatic nitrogens is 2. The van der Waals surface area contributed by atoms with Crippen LogP contribution in [0.3, 0.4) is 0 Å². The van der Waals surface area contributed by atoms with Crippen molar-refractivity contribution in [2.75, 3.05) is 18.5 Å². The van der Waals surface area contributed by atoms with Gasteiger partial charge in [-0.3, -0.25) is 4.79 Å². The summed E-state index contributed by atoms with van der Waals surface area (Å²) < 4.78 is 13.7. The summed E-state index contributed by atoms with van der Waals surface area (Å²) in [5, 5.41) is 8.66. The normalized spacial score (nSPS) is 16.2. The van der Waals surface area contributed by atoms with Crippen molar-refractivity contribution in [1.29, 1.82) is 0 Å². The number of nitrogens with zero attached hydrogens (tertiary/aromatic N) is 2. The van der Waals surface area contributed by atoms with Gasteiger partial charge in [0.15, 0.2) is 0 Å². The minimum Gasteiger partial charge on any atom is -0.489 e. The molecule has 1 unspecified atom stereocenters. The predicted molar refractivity (Wildman–Crippen MR) is 127 cm³/mol. The zero-order valence-electron chi connectivity index (χ0n) is 17.9. The molecule has 164 valence electrons. The summed E-state index contributed by atoms with van der Waals surface area (Å²) in [4.78, 5) is 14.7. The van der Waals surface area contributed by atoms with Crippen molar-refractivity contribution in [2.24, 2.45) is 0 Å². The molecule has 5 rings (SSSR count). The highest BCUT2D eigenvalue weighted by Gasteiger charge is 2.19. The molecule has 1 fully saturated rings. The highest BCUT2D eigenvalue weighted by molar-refractivity contribution is 7.20. The van der Waals surface area contributed by atoms with Gasteiger partial charge in [0.05, 0.1) is 28.0 Å². The van der Waals surface area contributed by atoms with E-state index in [1.165, 1.54) is 11.3 Å². The van der Waals surface area contributed by atoms with Crippen LogP contribution in [-0.2, 0) is 4.74 Å². The smallest absolute Gasteiger partial charge is 0.265 e. The minimum absolute atomic E-state index is 0.110. The molecule has 0 bridgehead atoms. The van der Waals surface area contributed by atoms with Crippen molar-refractivity contribution < 1.29 is 14.3 Å². The Kier molecular flexibility index (Phi) is 5.92. The Morgan fingerprint density at radius 3 is 2.81 bits per heavy atom. The van der Waals surface area contributed by atoms with Crippen LogP contribution >= 0.6 is 11.3 Å². The fraction of sp³-hybridized carbons (Fsp3) is 0.280. The van der Waals surface area contributed by atoms with E-state index in [1.807, 2.05) is 72.3 Å². The molecule has 0 saturated carbocycles. The molecule has 1 aliphatic rings. The number of ether oxygens (including phenoxy) is 2. The molecule has 1 saturated heterocycles. The Labute approximate surface area is 190 Å². The van der Waals surface area contributed by atoms with E-state index in [2.05, 4.69) is 10.4 Å². The van der Waals surface area contributed by atoms with Gasteiger partial charge in [-0.2, -0.15) is 5.10 Å². The maximum atomic E-state index is 13.1. The van der Waals surface area contributed by atoms with Gasteiger partial charge in [0.1, 0.15) is 17.2 Å². The number of amides is 1. The van der Waals surface area contributed by atoms with Crippen molar-refractivity contribution in [3.05, 3.63) is 71.2 Å². The standard InChI is InChI=1S/C25H25N3O3S/c1-17-20-15-23(32-25(20)28(27-17)18-9-3-2-4-10-18)24(29)26-21-12-5-6-13-22(21)31-16-19-11-7-8-14-30-19/h2-6,9-10,12-13,15,19H,7-8,11,14,16H2,1H3,(H,26,29). The fourth-order valence-corrected chi connectivity index (χ4v) is 4.98. The lowest BCUT2D eigenvalue weighted by atomic mass is 10.1. The van der Waals surface area contributed by atoms with Crippen molar-refractivity contribution in [2.45, 2.75) is 32.3 Å². The van der Waals surface area contributed by atoms with Gasteiger partial charge in [0.2, 0.25) is 0 Å². The van der Waals surface area contributed by atoms with Crippen LogP contribution in [0.25, 0.3) is 15.9 Å². The van der Waals surface area contributed by atoms with Crippen LogP contribution in [0.5, 0.6) is 5.75 Å². The van der Waals surface area contributed by atoms with Gasteiger partial charge in [-0.05, 0) is 56.5 Å². The van der Waals surface area contributed by atoms with Crippen LogP contribution in [0.1, 0.15) is 34.6 Å². The van der Waals surface area contributed by atoms with Gasteiger partial charge >= 0.3 is 0 Å². The molecule has 2 aromatic carbocycles. The summed E-state index contributed by atoms with van der Waals surface area (Å²) in [6, 6.07) is 19.4. The van der Waals surface area contributed by atoms with Crippen LogP contribution in [-0.4, -0.2) is 35.0 Å². The quantitative estimate of drug-likeness (QED) is 0.418. The Morgan fingerprint density at radius 1 is 1.19 bits per heavy atom. The number of thiophene rings is 1. The third kappa shape index (κ3) is 4.26. The highest BCUT2D eigenvalue weighted by atomic mass is 32.1. The first-order valence-electron chi connectivity index (χ1n) is 10.9. The molecule has 7 heteroatoms. The number of aryl methyl sites for hydroxylation is 1. The minimum atomic E-state index is -0.157. The predicted octanol–water partition coefficient (Wildman–Crippen LogP) is 5.60. The Balaban J connectivity index is 1.35. The molecule has 1 N–H and O–H groups in total. The van der Waals surface area contributed by atoms with Gasteiger partial charge in [0.25, 0.3) is 5.91 Å². The van der Waals surface area contributed by atoms with Crippen LogP contribution in [0.2, 0.25) is 0 Å². The summed E-state index contributed by atoms with van der Waals surface area (Å²) in [5.41, 5.74) is 2.53. The topological polar surface area (TPSA) is 65.4 Å². The molecule has 3 heterocycles. The number of carbonyl (C=O) groups excluding carboxylic acids is 1. The number of carbonyl (C=O) groups is 1. The maximum absolute atomic E-state index is 13.1. The van der Waals surface area contributed by atoms with Gasteiger partial charge in [-0.15, -0.1) is 11.3 Å². The molecule has 1 atom stereocenters. The average molecular weight is 448 g/mol. The average Bonchev–Trinajstić information content (AvgIpc) is 3.40. The van der Waals surface area contributed by atoms with Crippen LogP contribution in [0, 0.1) is 6.92 Å². The zero-order valence-corrected chi connectivity index (χ0v) is 18.7. The molecule has 1 aliphatic heterocycles. The number of fused-ring (bicyclic) bond motifs is 1. The van der Waals surface area contributed by atoms with E-state index in [1.54, 1.807) is 0 Å². The lowest BCUT2D eigenvalue weighted by molar-refractivity contribution is -0.0109. The lowest BCUT2D eigenvalue weighted by Gasteiger charge is -2.23. The zero-order chi connectivity index (χ0) is 21.9. The summed E-state index contributed by atoms with van der Waals surface area (Å²) in [7, 11) is 0. The highest BCUT2D eigenvalue weighted by Crippen LogP contribution is 2.32. The number of nitrogens with one attached hydrogen (secondary N) is 1. The molecule has 32 heavy (non-hydrogen) atoms. The molecular formula is C25H25N3O3S. The Hall–Kier alpha value is -3.16. The number of para-hydroxylation sites is 3. The molecule has 0 aliphatic carbocycles. The number of anilines is 1. The van der Waals surface area contributed by atoms with Gasteiger partial charge < -0.3 is 14.8 Å². The van der Waals surface area contributed by atoms with Crippen molar-refractivity contribution in [3.8, 4) is 11.4 Å². The summed E-state index contributed by atoms with van der Waals surface area (Å²) >= 11 is 1.44. The molecule has 0 radical (unpaired) electrons. The van der Waals surface area contributed by atoms with Crippen molar-refractivity contribution >= 4 is 33.1 Å². The van der Waals surface area contributed by atoms with Gasteiger partial charge in [0, 0.05) is 12.0 Å². The maximum Gasteiger partial charge on any atom is 0.265 e. The number of hydrogen-bond donors (Lipinski definition) is 1. The second kappa shape index (κ2) is 9.14.